The highest BCUT2D eigenvalue weighted by atomic mass is 79.9. The van der Waals surface area contributed by atoms with Crippen molar-refractivity contribution in [2.45, 2.75) is 12.5 Å². The van der Waals surface area contributed by atoms with E-state index in [1.165, 1.54) is 18.2 Å². The number of carboxylic acid groups (broad SMARTS) is 1. The summed E-state index contributed by atoms with van der Waals surface area (Å²) in [5.74, 6) is -1.36. The number of rotatable bonds is 4. The van der Waals surface area contributed by atoms with Crippen molar-refractivity contribution in [3.8, 4) is 0 Å². The SMILES string of the molecule is O=C(O)C(O)Cc1cc(Br)cc([N+](=O)[O-])c1. The van der Waals surface area contributed by atoms with Gasteiger partial charge in [-0.1, -0.05) is 15.9 Å². The quantitative estimate of drug-likeness (QED) is 0.643. The number of aliphatic hydroxyl groups excluding tert-OH is 1. The van der Waals surface area contributed by atoms with Crippen LogP contribution in [0.4, 0.5) is 5.69 Å². The topological polar surface area (TPSA) is 101 Å². The fraction of sp³-hybridized carbons (Fsp3) is 0.222. The van der Waals surface area contributed by atoms with E-state index in [0.29, 0.717) is 10.0 Å². The molecule has 0 aliphatic rings. The van der Waals surface area contributed by atoms with Crippen molar-refractivity contribution in [1.29, 1.82) is 0 Å². The Morgan fingerprint density at radius 1 is 1.50 bits per heavy atom. The number of carboxylic acids is 1. The first kappa shape index (κ1) is 12.6. The summed E-state index contributed by atoms with van der Waals surface area (Å²) in [6, 6.07) is 4.06. The second-order valence-corrected chi connectivity index (χ2v) is 4.05. The van der Waals surface area contributed by atoms with Crippen molar-refractivity contribution in [2.24, 2.45) is 0 Å². The Kier molecular flexibility index (Phi) is 3.97. The summed E-state index contributed by atoms with van der Waals surface area (Å²) < 4.78 is 0.467. The number of nitrogens with zero attached hydrogens (tertiary/aromatic N) is 1. The number of nitro benzene ring substituents is 1. The van der Waals surface area contributed by atoms with Crippen molar-refractivity contribution >= 4 is 27.6 Å². The molecule has 1 aromatic rings. The number of hydrogen-bond donors (Lipinski definition) is 2. The molecule has 1 rings (SSSR count). The van der Waals surface area contributed by atoms with E-state index in [4.69, 9.17) is 10.2 Å². The minimum atomic E-state index is -1.56. The Morgan fingerprint density at radius 3 is 2.62 bits per heavy atom. The summed E-state index contributed by atoms with van der Waals surface area (Å²) in [5, 5.41) is 28.1. The first-order valence-electron chi connectivity index (χ1n) is 4.25. The van der Waals surface area contributed by atoms with E-state index in [0.717, 1.165) is 0 Å². The van der Waals surface area contributed by atoms with Gasteiger partial charge in [-0.3, -0.25) is 10.1 Å². The van der Waals surface area contributed by atoms with Crippen LogP contribution < -0.4 is 0 Å². The van der Waals surface area contributed by atoms with E-state index in [1.54, 1.807) is 0 Å². The maximum Gasteiger partial charge on any atom is 0.332 e. The number of carbonyl (C=O) groups is 1. The van der Waals surface area contributed by atoms with Gasteiger partial charge < -0.3 is 10.2 Å². The van der Waals surface area contributed by atoms with Gasteiger partial charge in [0.15, 0.2) is 6.10 Å². The average Bonchev–Trinajstić information content (AvgIpc) is 2.16. The van der Waals surface area contributed by atoms with Crippen LogP contribution in [0.2, 0.25) is 0 Å². The molecule has 1 aromatic carbocycles. The number of aliphatic carboxylic acids is 1. The van der Waals surface area contributed by atoms with Crippen LogP contribution in [0.15, 0.2) is 22.7 Å². The molecule has 0 fully saturated rings. The molecule has 1 unspecified atom stereocenters. The van der Waals surface area contributed by atoms with Crippen molar-refractivity contribution in [3.05, 3.63) is 38.3 Å². The molecular formula is C9H8BrNO5. The zero-order chi connectivity index (χ0) is 12.3. The minimum absolute atomic E-state index is 0.151. The molecule has 7 heteroatoms. The molecule has 6 nitrogen and oxygen atoms in total. The summed E-state index contributed by atoms with van der Waals surface area (Å²) in [4.78, 5) is 20.4. The lowest BCUT2D eigenvalue weighted by Crippen LogP contribution is -2.21. The largest absolute Gasteiger partial charge is 0.479 e. The molecule has 0 aliphatic heterocycles. The van der Waals surface area contributed by atoms with Gasteiger partial charge in [-0.2, -0.15) is 0 Å². The Labute approximate surface area is 98.8 Å². The predicted octanol–water partition coefficient (Wildman–Crippen LogP) is 1.35. The lowest BCUT2D eigenvalue weighted by Gasteiger charge is -2.05. The van der Waals surface area contributed by atoms with Crippen LogP contribution in [0.25, 0.3) is 0 Å². The lowest BCUT2D eigenvalue weighted by atomic mass is 10.1. The van der Waals surface area contributed by atoms with E-state index >= 15 is 0 Å². The first-order valence-corrected chi connectivity index (χ1v) is 5.04. The number of benzene rings is 1. The van der Waals surface area contributed by atoms with Gasteiger partial charge in [0.2, 0.25) is 0 Å². The van der Waals surface area contributed by atoms with E-state index in [2.05, 4.69) is 15.9 Å². The molecule has 0 radical (unpaired) electrons. The van der Waals surface area contributed by atoms with Crippen LogP contribution in [-0.4, -0.2) is 27.2 Å². The number of halogens is 1. The van der Waals surface area contributed by atoms with Crippen molar-refractivity contribution in [3.63, 3.8) is 0 Å². The normalized spacial score (nSPS) is 12.1. The Morgan fingerprint density at radius 2 is 2.12 bits per heavy atom. The Bertz CT molecular complexity index is 434. The molecule has 0 heterocycles. The van der Waals surface area contributed by atoms with Crippen LogP contribution in [0.5, 0.6) is 0 Å². The summed E-state index contributed by atoms with van der Waals surface area (Å²) in [6.45, 7) is 0. The number of aliphatic hydroxyl groups is 1. The molecule has 0 spiro atoms. The molecule has 1 atom stereocenters. The summed E-state index contributed by atoms with van der Waals surface area (Å²) in [7, 11) is 0. The van der Waals surface area contributed by atoms with Gasteiger partial charge in [-0.25, -0.2) is 4.79 Å². The highest BCUT2D eigenvalue weighted by Crippen LogP contribution is 2.22. The highest BCUT2D eigenvalue weighted by molar-refractivity contribution is 9.10. The molecule has 2 N–H and O–H groups in total. The van der Waals surface area contributed by atoms with Crippen molar-refractivity contribution in [2.75, 3.05) is 0 Å². The van der Waals surface area contributed by atoms with Crippen LogP contribution in [0.3, 0.4) is 0 Å². The number of nitro groups is 1. The van der Waals surface area contributed by atoms with Gasteiger partial charge in [0.05, 0.1) is 4.92 Å². The fourth-order valence-electron chi connectivity index (χ4n) is 1.17. The van der Waals surface area contributed by atoms with Gasteiger partial charge in [0.25, 0.3) is 5.69 Å². The van der Waals surface area contributed by atoms with Crippen LogP contribution >= 0.6 is 15.9 Å². The maximum atomic E-state index is 10.5. The Hall–Kier alpha value is -1.47. The monoisotopic (exact) mass is 289 g/mol. The van der Waals surface area contributed by atoms with Gasteiger partial charge >= 0.3 is 5.97 Å². The first-order chi connectivity index (χ1) is 7.40. The third kappa shape index (κ3) is 3.28. The minimum Gasteiger partial charge on any atom is -0.479 e. The molecule has 16 heavy (non-hydrogen) atoms. The number of non-ortho nitro benzene ring substituents is 1. The second kappa shape index (κ2) is 5.04. The summed E-state index contributed by atoms with van der Waals surface area (Å²) in [6.07, 6.45) is -1.73. The van der Waals surface area contributed by atoms with Crippen LogP contribution in [-0.2, 0) is 11.2 Å². The van der Waals surface area contributed by atoms with E-state index in [9.17, 15) is 14.9 Å². The third-order valence-corrected chi connectivity index (χ3v) is 2.33. The lowest BCUT2D eigenvalue weighted by molar-refractivity contribution is -0.385. The standard InChI is InChI=1S/C9H8BrNO5/c10-6-1-5(3-8(12)9(13)14)2-7(4-6)11(15)16/h1-2,4,8,12H,3H2,(H,13,14). The predicted molar refractivity (Wildman–Crippen MR) is 58.1 cm³/mol. The van der Waals surface area contributed by atoms with Gasteiger partial charge in [0.1, 0.15) is 0 Å². The number of hydrogen-bond acceptors (Lipinski definition) is 4. The molecule has 0 bridgehead atoms. The van der Waals surface area contributed by atoms with Gasteiger partial charge in [-0.05, 0) is 11.6 Å². The third-order valence-electron chi connectivity index (χ3n) is 1.87. The Balaban J connectivity index is 2.97. The zero-order valence-corrected chi connectivity index (χ0v) is 9.55. The van der Waals surface area contributed by atoms with Crippen molar-refractivity contribution in [1.82, 2.24) is 0 Å². The second-order valence-electron chi connectivity index (χ2n) is 3.13. The fourth-order valence-corrected chi connectivity index (χ4v) is 1.70. The molecule has 0 aromatic heterocycles. The molecule has 0 aliphatic carbocycles. The summed E-state index contributed by atoms with van der Waals surface area (Å²) in [5.41, 5.74) is 0.234. The van der Waals surface area contributed by atoms with Crippen molar-refractivity contribution < 1.29 is 19.9 Å². The van der Waals surface area contributed by atoms with Crippen LogP contribution in [0.1, 0.15) is 5.56 Å². The molecule has 0 amide bonds. The zero-order valence-electron chi connectivity index (χ0n) is 7.96. The van der Waals surface area contributed by atoms with Gasteiger partial charge in [0, 0.05) is 23.0 Å². The smallest absolute Gasteiger partial charge is 0.332 e. The van der Waals surface area contributed by atoms with Crippen LogP contribution in [0, 0.1) is 10.1 Å². The van der Waals surface area contributed by atoms with Gasteiger partial charge in [-0.15, -0.1) is 0 Å². The summed E-state index contributed by atoms with van der Waals surface area (Å²) >= 11 is 3.07. The van der Waals surface area contributed by atoms with E-state index in [-0.39, 0.29) is 12.1 Å². The molecule has 86 valence electrons. The highest BCUT2D eigenvalue weighted by Gasteiger charge is 2.16. The molecule has 0 saturated heterocycles. The van der Waals surface area contributed by atoms with E-state index < -0.39 is 17.0 Å². The molecule has 0 saturated carbocycles. The van der Waals surface area contributed by atoms with E-state index in [1.807, 2.05) is 0 Å². The average molecular weight is 290 g/mol. The maximum absolute atomic E-state index is 10.5. The molecular weight excluding hydrogens is 282 g/mol.